The van der Waals surface area contributed by atoms with Crippen LogP contribution in [-0.4, -0.2) is 17.3 Å². The third-order valence-electron chi connectivity index (χ3n) is 6.63. The summed E-state index contributed by atoms with van der Waals surface area (Å²) in [6, 6.07) is 0. The van der Waals surface area contributed by atoms with Crippen LogP contribution in [0.4, 0.5) is 0 Å². The Kier molecular flexibility index (Phi) is 2.58. The molecule has 0 aromatic rings. The molecule has 0 spiro atoms. The van der Waals surface area contributed by atoms with Crippen molar-refractivity contribution in [3.8, 4) is 0 Å². The van der Waals surface area contributed by atoms with Gasteiger partial charge in [-0.05, 0) is 93.4 Å². The second-order valence-electron chi connectivity index (χ2n) is 7.76. The van der Waals surface area contributed by atoms with Crippen molar-refractivity contribution in [1.82, 2.24) is 0 Å². The number of rotatable bonds is 4. The molecule has 0 radical (unpaired) electrons. The minimum absolute atomic E-state index is 0.392. The lowest BCUT2D eigenvalue weighted by Gasteiger charge is -2.59. The van der Waals surface area contributed by atoms with Gasteiger partial charge in [0.1, 0.15) is 0 Å². The zero-order valence-corrected chi connectivity index (χ0v) is 11.4. The summed E-state index contributed by atoms with van der Waals surface area (Å²) in [4.78, 5) is 0. The van der Waals surface area contributed by atoms with Gasteiger partial charge in [0, 0.05) is 0 Å². The van der Waals surface area contributed by atoms with Gasteiger partial charge in [0.25, 0.3) is 0 Å². The second-order valence-corrected chi connectivity index (χ2v) is 7.76. The van der Waals surface area contributed by atoms with Crippen molar-refractivity contribution >= 4 is 0 Å². The van der Waals surface area contributed by atoms with E-state index in [0.717, 1.165) is 30.1 Å². The fraction of sp³-hybridized carbons (Fsp3) is 1.00. The Morgan fingerprint density at radius 2 is 1.50 bits per heavy atom. The molecule has 5 aliphatic carbocycles. The summed E-state index contributed by atoms with van der Waals surface area (Å²) in [5, 5.41) is 11.3. The molecule has 0 aromatic heterocycles. The molecule has 1 unspecified atom stereocenters. The van der Waals surface area contributed by atoms with Crippen molar-refractivity contribution in [2.75, 3.05) is 6.54 Å². The number of nitrogens with two attached hydrogens (primary N) is 1. The summed E-state index contributed by atoms with van der Waals surface area (Å²) in [5.74, 6) is 4.86. The summed E-state index contributed by atoms with van der Waals surface area (Å²) >= 11 is 0. The maximum Gasteiger partial charge on any atom is 0.0721 e. The zero-order valence-electron chi connectivity index (χ0n) is 11.4. The average molecular weight is 249 g/mol. The van der Waals surface area contributed by atoms with Crippen molar-refractivity contribution in [1.29, 1.82) is 0 Å². The van der Waals surface area contributed by atoms with Crippen LogP contribution in [0, 0.1) is 35.5 Å². The van der Waals surface area contributed by atoms with Gasteiger partial charge in [0.2, 0.25) is 0 Å². The minimum atomic E-state index is -0.392. The van der Waals surface area contributed by atoms with E-state index in [4.69, 9.17) is 5.73 Å². The Morgan fingerprint density at radius 3 is 1.94 bits per heavy atom. The predicted octanol–water partition coefficient (Wildman–Crippen LogP) is 2.55. The van der Waals surface area contributed by atoms with Crippen molar-refractivity contribution in [3.63, 3.8) is 0 Å². The second kappa shape index (κ2) is 3.96. The van der Waals surface area contributed by atoms with E-state index in [-0.39, 0.29) is 0 Å². The van der Waals surface area contributed by atoms with Gasteiger partial charge in [-0.1, -0.05) is 0 Å². The minimum Gasteiger partial charge on any atom is -0.389 e. The molecule has 5 saturated carbocycles. The molecule has 18 heavy (non-hydrogen) atoms. The van der Waals surface area contributed by atoms with Gasteiger partial charge in [-0.2, -0.15) is 0 Å². The Bertz CT molecular complexity index is 310. The highest BCUT2D eigenvalue weighted by molar-refractivity contribution is 5.09. The van der Waals surface area contributed by atoms with Crippen LogP contribution in [-0.2, 0) is 0 Å². The third-order valence-corrected chi connectivity index (χ3v) is 6.63. The number of hydrogen-bond donors (Lipinski definition) is 2. The molecule has 0 amide bonds. The molecule has 0 aromatic carbocycles. The maximum atomic E-state index is 11.3. The van der Waals surface area contributed by atoms with E-state index in [1.54, 1.807) is 0 Å². The molecule has 5 rings (SSSR count). The van der Waals surface area contributed by atoms with Crippen LogP contribution in [0.3, 0.4) is 0 Å². The summed E-state index contributed by atoms with van der Waals surface area (Å²) in [6.07, 6.45) is 10.5. The van der Waals surface area contributed by atoms with Crippen LogP contribution in [0.2, 0.25) is 0 Å². The molecule has 2 nitrogen and oxygen atoms in total. The lowest BCUT2D eigenvalue weighted by atomic mass is 9.48. The van der Waals surface area contributed by atoms with Crippen molar-refractivity contribution in [2.45, 2.75) is 57.0 Å². The van der Waals surface area contributed by atoms with Gasteiger partial charge in [0.05, 0.1) is 5.60 Å². The molecule has 5 aliphatic rings. The van der Waals surface area contributed by atoms with E-state index in [9.17, 15) is 5.11 Å². The molecule has 4 bridgehead atoms. The zero-order chi connectivity index (χ0) is 12.3. The molecule has 102 valence electrons. The number of hydrogen-bond acceptors (Lipinski definition) is 2. The Balaban J connectivity index is 1.62. The lowest BCUT2D eigenvalue weighted by Crippen LogP contribution is -2.56. The normalized spacial score (nSPS) is 49.3. The van der Waals surface area contributed by atoms with Gasteiger partial charge < -0.3 is 10.8 Å². The van der Waals surface area contributed by atoms with Gasteiger partial charge in [-0.3, -0.25) is 0 Å². The fourth-order valence-electron chi connectivity index (χ4n) is 6.20. The van der Waals surface area contributed by atoms with Crippen LogP contribution in [0.25, 0.3) is 0 Å². The smallest absolute Gasteiger partial charge is 0.0721 e. The van der Waals surface area contributed by atoms with Crippen LogP contribution < -0.4 is 5.73 Å². The van der Waals surface area contributed by atoms with Gasteiger partial charge in [0.15, 0.2) is 0 Å². The van der Waals surface area contributed by atoms with Crippen molar-refractivity contribution in [2.24, 2.45) is 41.2 Å². The van der Waals surface area contributed by atoms with E-state index in [0.29, 0.717) is 18.4 Å². The van der Waals surface area contributed by atoms with E-state index >= 15 is 0 Å². The van der Waals surface area contributed by atoms with Crippen LogP contribution in [0.1, 0.15) is 51.4 Å². The van der Waals surface area contributed by atoms with Crippen LogP contribution in [0.5, 0.6) is 0 Å². The summed E-state index contributed by atoms with van der Waals surface area (Å²) in [7, 11) is 0. The molecule has 3 N–H and O–H groups in total. The summed E-state index contributed by atoms with van der Waals surface area (Å²) in [6.45, 7) is 0.662. The highest BCUT2D eigenvalue weighted by Gasteiger charge is 2.58. The third kappa shape index (κ3) is 1.61. The Labute approximate surface area is 110 Å². The number of aliphatic hydroxyl groups is 1. The first-order valence-electron chi connectivity index (χ1n) is 8.13. The molecule has 0 aliphatic heterocycles. The topological polar surface area (TPSA) is 46.2 Å². The van der Waals surface area contributed by atoms with E-state index in [2.05, 4.69) is 0 Å². The Hall–Kier alpha value is -0.0800. The highest BCUT2D eigenvalue weighted by atomic mass is 16.3. The van der Waals surface area contributed by atoms with Gasteiger partial charge in [-0.15, -0.1) is 0 Å². The van der Waals surface area contributed by atoms with Crippen molar-refractivity contribution < 1.29 is 5.11 Å². The monoisotopic (exact) mass is 249 g/mol. The maximum absolute atomic E-state index is 11.3. The lowest BCUT2D eigenvalue weighted by molar-refractivity contribution is -0.155. The van der Waals surface area contributed by atoms with Crippen molar-refractivity contribution in [3.05, 3.63) is 0 Å². The van der Waals surface area contributed by atoms with Gasteiger partial charge >= 0.3 is 0 Å². The van der Waals surface area contributed by atoms with E-state index in [1.807, 2.05) is 0 Å². The van der Waals surface area contributed by atoms with Crippen LogP contribution in [0.15, 0.2) is 0 Å². The SMILES string of the molecule is NCCC(O)(C1CC1)C1C2CC3CC(C2)CC1C3. The molecule has 5 fully saturated rings. The standard InChI is InChI=1S/C16H27NO/c17-4-3-16(18,14-1-2-14)15-12-6-10-5-11(8-12)9-13(15)7-10/h10-15,18H,1-9,17H2. The highest BCUT2D eigenvalue weighted by Crippen LogP contribution is 2.62. The Morgan fingerprint density at radius 1 is 0.944 bits per heavy atom. The molecular weight excluding hydrogens is 222 g/mol. The molecular formula is C16H27NO. The van der Waals surface area contributed by atoms with E-state index in [1.165, 1.54) is 44.9 Å². The average Bonchev–Trinajstić information content (AvgIpc) is 3.11. The summed E-state index contributed by atoms with van der Waals surface area (Å²) < 4.78 is 0. The molecule has 0 saturated heterocycles. The largest absolute Gasteiger partial charge is 0.389 e. The van der Waals surface area contributed by atoms with E-state index < -0.39 is 5.60 Å². The first-order valence-corrected chi connectivity index (χ1v) is 8.13. The quantitative estimate of drug-likeness (QED) is 0.804. The molecule has 2 heteroatoms. The van der Waals surface area contributed by atoms with Gasteiger partial charge in [-0.25, -0.2) is 0 Å². The fourth-order valence-corrected chi connectivity index (χ4v) is 6.20. The summed E-state index contributed by atoms with van der Waals surface area (Å²) in [5.41, 5.74) is 5.42. The first kappa shape index (κ1) is 11.7. The van der Waals surface area contributed by atoms with Crippen LogP contribution >= 0.6 is 0 Å². The first-order chi connectivity index (χ1) is 8.70. The molecule has 0 heterocycles. The predicted molar refractivity (Wildman–Crippen MR) is 71.9 cm³/mol. The molecule has 1 atom stereocenters.